The lowest BCUT2D eigenvalue weighted by Gasteiger charge is -2.36. The minimum absolute atomic E-state index is 0.0861. The van der Waals surface area contributed by atoms with Gasteiger partial charge in [0.15, 0.2) is 0 Å². The maximum Gasteiger partial charge on any atom is 0.321 e. The number of fused-ring (bicyclic) bond motifs is 2. The van der Waals surface area contributed by atoms with Crippen molar-refractivity contribution >= 4 is 34.1 Å². The highest BCUT2D eigenvalue weighted by Crippen LogP contribution is 2.29. The van der Waals surface area contributed by atoms with Gasteiger partial charge in [0.1, 0.15) is 5.75 Å². The summed E-state index contributed by atoms with van der Waals surface area (Å²) < 4.78 is 12.7. The molecule has 9 nitrogen and oxygen atoms in total. The summed E-state index contributed by atoms with van der Waals surface area (Å²) in [5.41, 5.74) is 2.11. The number of carbonyl (C=O) groups is 2. The molecule has 0 unspecified atom stereocenters. The molecule has 44 heavy (non-hydrogen) atoms. The van der Waals surface area contributed by atoms with Crippen LogP contribution in [0.2, 0.25) is 0 Å². The number of urea groups is 1. The maximum absolute atomic E-state index is 14.2. The molecule has 2 N–H and O–H groups in total. The molecule has 0 radical (unpaired) electrons. The van der Waals surface area contributed by atoms with Gasteiger partial charge in [-0.1, -0.05) is 43.3 Å². The predicted molar refractivity (Wildman–Crippen MR) is 177 cm³/mol. The maximum atomic E-state index is 14.2. The Morgan fingerprint density at radius 1 is 1.07 bits per heavy atom. The van der Waals surface area contributed by atoms with Gasteiger partial charge in [0, 0.05) is 57.8 Å². The van der Waals surface area contributed by atoms with E-state index in [0.717, 1.165) is 41.4 Å². The fourth-order valence-electron chi connectivity index (χ4n) is 5.55. The van der Waals surface area contributed by atoms with Crippen molar-refractivity contribution in [2.45, 2.75) is 58.3 Å². The van der Waals surface area contributed by atoms with E-state index in [1.807, 2.05) is 100 Å². The fraction of sp³-hybridized carbons (Fsp3) is 0.486. The predicted octanol–water partition coefficient (Wildman–Crippen LogP) is 5.87. The summed E-state index contributed by atoms with van der Waals surface area (Å²) in [6.45, 7) is 6.92. The number of amides is 3. The van der Waals surface area contributed by atoms with Gasteiger partial charge in [0.2, 0.25) is 0 Å². The van der Waals surface area contributed by atoms with Crippen molar-refractivity contribution in [2.75, 3.05) is 57.7 Å². The Morgan fingerprint density at radius 2 is 1.82 bits per heavy atom. The summed E-state index contributed by atoms with van der Waals surface area (Å²) in [7, 11) is 5.63. The first-order chi connectivity index (χ1) is 21.1. The van der Waals surface area contributed by atoms with Crippen LogP contribution in [0.1, 0.15) is 50.4 Å². The molecule has 0 aliphatic carbocycles. The number of hydrogen-bond acceptors (Lipinski definition) is 6. The van der Waals surface area contributed by atoms with Crippen molar-refractivity contribution in [3.8, 4) is 5.75 Å². The first-order valence-electron chi connectivity index (χ1n) is 15.6. The van der Waals surface area contributed by atoms with Crippen LogP contribution in [-0.4, -0.2) is 92.5 Å². The Labute approximate surface area is 261 Å². The molecule has 0 bridgehead atoms. The van der Waals surface area contributed by atoms with Crippen molar-refractivity contribution in [1.82, 2.24) is 9.80 Å². The van der Waals surface area contributed by atoms with E-state index in [0.29, 0.717) is 31.0 Å². The Hall–Kier alpha value is -3.82. The van der Waals surface area contributed by atoms with Gasteiger partial charge in [-0.2, -0.15) is 0 Å². The Balaban J connectivity index is 1.58. The van der Waals surface area contributed by atoms with E-state index >= 15 is 0 Å². The Bertz CT molecular complexity index is 1410. The zero-order valence-electron chi connectivity index (χ0n) is 27.0. The van der Waals surface area contributed by atoms with Crippen LogP contribution in [0.3, 0.4) is 0 Å². The van der Waals surface area contributed by atoms with Crippen molar-refractivity contribution in [3.63, 3.8) is 0 Å². The van der Waals surface area contributed by atoms with Crippen molar-refractivity contribution in [2.24, 2.45) is 5.92 Å². The molecular weight excluding hydrogens is 556 g/mol. The van der Waals surface area contributed by atoms with Gasteiger partial charge in [-0.15, -0.1) is 0 Å². The highest BCUT2D eigenvalue weighted by Gasteiger charge is 2.31. The van der Waals surface area contributed by atoms with Crippen LogP contribution < -0.4 is 15.0 Å². The van der Waals surface area contributed by atoms with E-state index in [4.69, 9.17) is 9.47 Å². The van der Waals surface area contributed by atoms with Gasteiger partial charge in [-0.3, -0.25) is 4.79 Å². The van der Waals surface area contributed by atoms with Crippen LogP contribution in [0.5, 0.6) is 5.75 Å². The summed E-state index contributed by atoms with van der Waals surface area (Å²) in [6.07, 6.45) is 2.16. The summed E-state index contributed by atoms with van der Waals surface area (Å²) in [4.78, 5) is 32.9. The number of aliphatic hydroxyl groups excluding tert-OH is 1. The smallest absolute Gasteiger partial charge is 0.321 e. The monoisotopic (exact) mass is 604 g/mol. The van der Waals surface area contributed by atoms with E-state index in [9.17, 15) is 14.7 Å². The van der Waals surface area contributed by atoms with E-state index in [2.05, 4.69) is 5.32 Å². The van der Waals surface area contributed by atoms with Crippen LogP contribution >= 0.6 is 0 Å². The lowest BCUT2D eigenvalue weighted by atomic mass is 10.0. The molecule has 0 aromatic heterocycles. The topological polar surface area (TPSA) is 94.6 Å². The third kappa shape index (κ3) is 8.21. The fourth-order valence-corrected chi connectivity index (χ4v) is 5.55. The number of nitrogens with one attached hydrogen (secondary N) is 1. The number of nitrogens with zero attached hydrogens (tertiary/aromatic N) is 3. The quantitative estimate of drug-likeness (QED) is 0.366. The molecule has 1 aliphatic rings. The zero-order chi connectivity index (χ0) is 31.8. The first-order valence-corrected chi connectivity index (χ1v) is 15.6. The molecule has 0 fully saturated rings. The molecule has 0 saturated carbocycles. The largest absolute Gasteiger partial charge is 0.490 e. The van der Waals surface area contributed by atoms with E-state index in [-0.39, 0.29) is 36.7 Å². The Morgan fingerprint density at radius 3 is 2.57 bits per heavy atom. The summed E-state index contributed by atoms with van der Waals surface area (Å²) in [6, 6.07) is 18.8. The summed E-state index contributed by atoms with van der Waals surface area (Å²) in [5, 5.41) is 15.3. The average molecular weight is 605 g/mol. The van der Waals surface area contributed by atoms with E-state index in [1.165, 1.54) is 0 Å². The lowest BCUT2D eigenvalue weighted by molar-refractivity contribution is -0.0115. The molecule has 238 valence electrons. The van der Waals surface area contributed by atoms with E-state index < -0.39 is 6.04 Å². The van der Waals surface area contributed by atoms with Gasteiger partial charge in [0.25, 0.3) is 5.91 Å². The second-order valence-electron chi connectivity index (χ2n) is 12.2. The Kier molecular flexibility index (Phi) is 11.5. The number of aliphatic hydroxyl groups is 1. The molecule has 3 aromatic rings. The standard InChI is InChI=1S/C35H48N4O5/c1-24-21-39(25(2)23-40)34(41)30-20-28(37(4)5)17-18-32(30)44-26(3)12-9-10-19-43-33(24)22-38(6)35(42)36-31-16-11-14-27-13-7-8-15-29(27)31/h7-8,11,13-18,20,24-26,33,40H,9-10,12,19,21-23H2,1-6H3,(H,36,42)/t24-,25+,26+,33+/m1/s1. The van der Waals surface area contributed by atoms with Crippen LogP contribution in [0.15, 0.2) is 60.7 Å². The number of rotatable bonds is 6. The number of hydrogen-bond donors (Lipinski definition) is 2. The number of benzene rings is 3. The summed E-state index contributed by atoms with van der Waals surface area (Å²) in [5.74, 6) is 0.205. The van der Waals surface area contributed by atoms with Crippen molar-refractivity contribution in [3.05, 3.63) is 66.2 Å². The molecule has 9 heteroatoms. The SMILES string of the molecule is C[C@@H]1CN([C@@H](C)CO)C(=O)c2cc(N(C)C)ccc2O[C@@H](C)CCCCO[C@H]1CN(C)C(=O)Nc1cccc2ccccc12. The highest BCUT2D eigenvalue weighted by molar-refractivity contribution is 6.01. The van der Waals surface area contributed by atoms with Crippen LogP contribution in [0, 0.1) is 5.92 Å². The molecular formula is C35H48N4O5. The molecule has 3 amide bonds. The van der Waals surface area contributed by atoms with Gasteiger partial charge in [0.05, 0.1) is 36.1 Å². The number of ether oxygens (including phenoxy) is 2. The minimum atomic E-state index is -0.431. The molecule has 3 aromatic carbocycles. The molecule has 4 rings (SSSR count). The van der Waals surface area contributed by atoms with Gasteiger partial charge in [-0.05, 0) is 62.8 Å². The number of likely N-dealkylation sites (N-methyl/N-ethyl adjacent to an activating group) is 1. The molecule has 0 saturated heterocycles. The van der Waals surface area contributed by atoms with Crippen LogP contribution in [0.25, 0.3) is 10.8 Å². The molecule has 1 heterocycles. The van der Waals surface area contributed by atoms with Gasteiger partial charge in [-0.25, -0.2) is 4.79 Å². The molecule has 1 aliphatic heterocycles. The highest BCUT2D eigenvalue weighted by atomic mass is 16.5. The number of carbonyl (C=O) groups excluding carboxylic acids is 2. The van der Waals surface area contributed by atoms with Crippen LogP contribution in [-0.2, 0) is 4.74 Å². The van der Waals surface area contributed by atoms with Gasteiger partial charge >= 0.3 is 6.03 Å². The third-order valence-corrected chi connectivity index (χ3v) is 8.38. The van der Waals surface area contributed by atoms with Crippen LogP contribution in [0.4, 0.5) is 16.2 Å². The summed E-state index contributed by atoms with van der Waals surface area (Å²) >= 11 is 0. The van der Waals surface area contributed by atoms with Crippen molar-refractivity contribution in [1.29, 1.82) is 0 Å². The first kappa shape index (κ1) is 33.1. The second-order valence-corrected chi connectivity index (χ2v) is 12.2. The van der Waals surface area contributed by atoms with Gasteiger partial charge < -0.3 is 34.6 Å². The average Bonchev–Trinajstić information content (AvgIpc) is 3.01. The third-order valence-electron chi connectivity index (χ3n) is 8.38. The van der Waals surface area contributed by atoms with Crippen molar-refractivity contribution < 1.29 is 24.2 Å². The minimum Gasteiger partial charge on any atom is -0.490 e. The zero-order valence-corrected chi connectivity index (χ0v) is 27.0. The lowest BCUT2D eigenvalue weighted by Crippen LogP contribution is -2.48. The number of anilines is 2. The second kappa shape index (κ2) is 15.3. The van der Waals surface area contributed by atoms with E-state index in [1.54, 1.807) is 16.8 Å². The molecule has 0 spiro atoms. The molecule has 4 atom stereocenters. The normalized spacial score (nSPS) is 20.7.